The summed E-state index contributed by atoms with van der Waals surface area (Å²) in [5.74, 6) is -0.475. The van der Waals surface area contributed by atoms with Gasteiger partial charge in [0, 0.05) is 0 Å². The highest BCUT2D eigenvalue weighted by atomic mass is 35.5. The average Bonchev–Trinajstić information content (AvgIpc) is 3.16. The van der Waals surface area contributed by atoms with Crippen molar-refractivity contribution in [1.29, 1.82) is 0 Å². The molecule has 1 fully saturated rings. The normalized spacial score (nSPS) is 21.2. The summed E-state index contributed by atoms with van der Waals surface area (Å²) in [6.07, 6.45) is 2.79. The fourth-order valence-electron chi connectivity index (χ4n) is 2.90. The van der Waals surface area contributed by atoms with Crippen LogP contribution in [0.3, 0.4) is 0 Å². The topological polar surface area (TPSA) is 114 Å². The lowest BCUT2D eigenvalue weighted by atomic mass is 10.2. The third kappa shape index (κ3) is 3.80. The van der Waals surface area contributed by atoms with E-state index in [4.69, 9.17) is 31.1 Å². The van der Waals surface area contributed by atoms with Gasteiger partial charge in [-0.2, -0.15) is 9.97 Å². The smallest absolute Gasteiger partial charge is 0.359 e. The summed E-state index contributed by atoms with van der Waals surface area (Å²) in [4.78, 5) is 12.3. The molecule has 0 aromatic carbocycles. The van der Waals surface area contributed by atoms with Crippen LogP contribution in [0.1, 0.15) is 26.7 Å². The quantitative estimate of drug-likeness (QED) is 0.567. The molecule has 2 aromatic rings. The Labute approximate surface area is 150 Å². The Hall–Kier alpha value is -1.25. The molecule has 1 aliphatic rings. The van der Waals surface area contributed by atoms with Gasteiger partial charge in [0.2, 0.25) is 5.95 Å². The average molecular weight is 390 g/mol. The van der Waals surface area contributed by atoms with E-state index in [1.807, 2.05) is 0 Å². The highest BCUT2D eigenvalue weighted by Gasteiger charge is 2.42. The van der Waals surface area contributed by atoms with Crippen LogP contribution in [-0.4, -0.2) is 44.7 Å². The molecule has 0 aliphatic carbocycles. The molecular weight excluding hydrogens is 369 g/mol. The lowest BCUT2D eigenvalue weighted by Crippen LogP contribution is -2.19. The molecule has 9 nitrogen and oxygen atoms in total. The van der Waals surface area contributed by atoms with Gasteiger partial charge in [0.15, 0.2) is 16.6 Å². The summed E-state index contributed by atoms with van der Waals surface area (Å²) >= 11 is 6.04. The lowest BCUT2D eigenvalue weighted by molar-refractivity contribution is 0.0520. The van der Waals surface area contributed by atoms with E-state index in [0.29, 0.717) is 37.3 Å². The molecule has 0 unspecified atom stereocenters. The van der Waals surface area contributed by atoms with Crippen LogP contribution >= 0.6 is 19.2 Å². The molecule has 2 aromatic heterocycles. The number of hydrogen-bond acceptors (Lipinski definition) is 8. The number of halogens is 1. The number of rotatable bonds is 7. The largest absolute Gasteiger partial charge is 0.368 e. The van der Waals surface area contributed by atoms with Gasteiger partial charge in [-0.05, 0) is 26.7 Å². The number of nitrogens with two attached hydrogens (primary N) is 1. The van der Waals surface area contributed by atoms with Gasteiger partial charge in [-0.15, -0.1) is 0 Å². The Balaban J connectivity index is 1.74. The summed E-state index contributed by atoms with van der Waals surface area (Å²) in [6, 6.07) is 0. The van der Waals surface area contributed by atoms with E-state index in [9.17, 15) is 4.57 Å². The zero-order valence-electron chi connectivity index (χ0n) is 14.1. The van der Waals surface area contributed by atoms with Crippen LogP contribution in [0.2, 0.25) is 5.15 Å². The van der Waals surface area contributed by atoms with Crippen molar-refractivity contribution in [2.45, 2.75) is 45.2 Å². The van der Waals surface area contributed by atoms with Gasteiger partial charge in [0.25, 0.3) is 0 Å². The predicted molar refractivity (Wildman–Crippen MR) is 93.5 cm³/mol. The van der Waals surface area contributed by atoms with E-state index in [0.717, 1.165) is 6.42 Å². The van der Waals surface area contributed by atoms with Crippen molar-refractivity contribution in [3.63, 3.8) is 0 Å². The molecule has 2 N–H and O–H groups in total. The Bertz CT molecular complexity index is 791. The number of nitrogen functional groups attached to an aromatic ring is 1. The van der Waals surface area contributed by atoms with Gasteiger partial charge < -0.3 is 24.1 Å². The van der Waals surface area contributed by atoms with Crippen LogP contribution in [0, 0.1) is 0 Å². The van der Waals surface area contributed by atoms with Crippen LogP contribution in [0.4, 0.5) is 5.95 Å². The third-order valence-corrected chi connectivity index (χ3v) is 6.48. The highest BCUT2D eigenvalue weighted by molar-refractivity contribution is 7.54. The highest BCUT2D eigenvalue weighted by Crippen LogP contribution is 2.57. The molecule has 0 radical (unpaired) electrons. The molecule has 2 atom stereocenters. The van der Waals surface area contributed by atoms with Crippen LogP contribution in [0.15, 0.2) is 6.33 Å². The summed E-state index contributed by atoms with van der Waals surface area (Å²) in [7, 11) is -3.27. The molecule has 138 valence electrons. The number of anilines is 1. The van der Waals surface area contributed by atoms with Crippen molar-refractivity contribution in [3.8, 4) is 0 Å². The fourth-order valence-corrected chi connectivity index (χ4v) is 5.03. The van der Waals surface area contributed by atoms with Gasteiger partial charge in [0.1, 0.15) is 5.52 Å². The van der Waals surface area contributed by atoms with Gasteiger partial charge in [-0.1, -0.05) is 11.6 Å². The molecule has 0 amide bonds. The van der Waals surface area contributed by atoms with E-state index in [1.165, 1.54) is 0 Å². The van der Waals surface area contributed by atoms with Gasteiger partial charge >= 0.3 is 7.60 Å². The fraction of sp³-hybridized carbons (Fsp3) is 0.643. The number of nitrogens with zero attached hydrogens (tertiary/aromatic N) is 4. The van der Waals surface area contributed by atoms with Crippen LogP contribution in [0.5, 0.6) is 0 Å². The van der Waals surface area contributed by atoms with E-state index >= 15 is 0 Å². The maximum absolute atomic E-state index is 12.8. The van der Waals surface area contributed by atoms with Gasteiger partial charge in [-0.25, -0.2) is 4.98 Å². The maximum atomic E-state index is 12.8. The molecule has 0 bridgehead atoms. The maximum Gasteiger partial charge on any atom is 0.359 e. The van der Waals surface area contributed by atoms with Crippen LogP contribution in [0.25, 0.3) is 11.2 Å². The van der Waals surface area contributed by atoms with Crippen molar-refractivity contribution in [1.82, 2.24) is 19.5 Å². The zero-order chi connectivity index (χ0) is 18.0. The van der Waals surface area contributed by atoms with E-state index in [2.05, 4.69) is 15.0 Å². The van der Waals surface area contributed by atoms with Crippen molar-refractivity contribution in [2.75, 3.05) is 18.9 Å². The molecule has 0 saturated carbocycles. The molecule has 11 heteroatoms. The molecule has 3 heterocycles. The number of aromatic nitrogens is 4. The Morgan fingerprint density at radius 3 is 2.76 bits per heavy atom. The second-order valence-electron chi connectivity index (χ2n) is 5.61. The summed E-state index contributed by atoms with van der Waals surface area (Å²) < 4.78 is 31.3. The summed E-state index contributed by atoms with van der Waals surface area (Å²) in [5.41, 5.74) is 6.69. The molecule has 25 heavy (non-hydrogen) atoms. The Morgan fingerprint density at radius 2 is 2.08 bits per heavy atom. The van der Waals surface area contributed by atoms with Crippen LogP contribution < -0.4 is 5.73 Å². The number of hydrogen-bond donors (Lipinski definition) is 1. The Morgan fingerprint density at radius 1 is 1.36 bits per heavy atom. The predicted octanol–water partition coefficient (Wildman–Crippen LogP) is 2.83. The second kappa shape index (κ2) is 7.55. The van der Waals surface area contributed by atoms with E-state index in [-0.39, 0.29) is 17.2 Å². The third-order valence-electron chi connectivity index (χ3n) is 3.89. The summed E-state index contributed by atoms with van der Waals surface area (Å²) in [5, 5.41) is 0.212. The Kier molecular flexibility index (Phi) is 5.60. The zero-order valence-corrected chi connectivity index (χ0v) is 15.7. The molecule has 1 aliphatic heterocycles. The van der Waals surface area contributed by atoms with Gasteiger partial charge in [0.05, 0.1) is 32.2 Å². The van der Waals surface area contributed by atoms with Crippen molar-refractivity contribution in [2.24, 2.45) is 0 Å². The summed E-state index contributed by atoms with van der Waals surface area (Å²) in [6.45, 7) is 4.66. The van der Waals surface area contributed by atoms with Crippen molar-refractivity contribution >= 4 is 36.3 Å². The second-order valence-corrected chi connectivity index (χ2v) is 8.14. The minimum Gasteiger partial charge on any atom is -0.368 e. The standard InChI is InChI=1S/C14H21ClN5O4P/c1-3-22-25(21,23-4-2)10-6-5-9(24-10)7-20-8-17-11-12(15)18-14(16)19-13(11)20/h8-10H,3-7H2,1-2H3,(H2,16,18,19)/t9-,10+/m1/s1. The first kappa shape index (κ1) is 18.5. The molecular formula is C14H21ClN5O4P. The first-order valence-electron chi connectivity index (χ1n) is 8.15. The number of fused-ring (bicyclic) bond motifs is 1. The minimum absolute atomic E-state index is 0.0849. The lowest BCUT2D eigenvalue weighted by Gasteiger charge is -2.23. The number of ether oxygens (including phenoxy) is 1. The number of imidazole rings is 1. The van der Waals surface area contributed by atoms with E-state index in [1.54, 1.807) is 24.7 Å². The molecule has 0 spiro atoms. The van der Waals surface area contributed by atoms with Gasteiger partial charge in [-0.3, -0.25) is 4.57 Å². The van der Waals surface area contributed by atoms with Crippen LogP contribution in [-0.2, 0) is 24.9 Å². The first-order valence-corrected chi connectivity index (χ1v) is 10.1. The SMILES string of the molecule is CCOP(=O)(OCC)[C@H]1CC[C@H](Cn2cnc3c(Cl)nc(N)nc32)O1. The molecule has 1 saturated heterocycles. The van der Waals surface area contributed by atoms with Crippen molar-refractivity contribution in [3.05, 3.63) is 11.5 Å². The first-order chi connectivity index (χ1) is 12.0. The van der Waals surface area contributed by atoms with E-state index < -0.39 is 13.4 Å². The molecule has 3 rings (SSSR count). The van der Waals surface area contributed by atoms with Crippen molar-refractivity contribution < 1.29 is 18.3 Å². The minimum atomic E-state index is -3.27. The monoisotopic (exact) mass is 389 g/mol.